The fourth-order valence-corrected chi connectivity index (χ4v) is 2.71. The third kappa shape index (κ3) is 1.93. The van der Waals surface area contributed by atoms with Crippen molar-refractivity contribution in [3.8, 4) is 0 Å². The maximum absolute atomic E-state index is 4.55. The maximum Gasteiger partial charge on any atom is 0.0955 e. The van der Waals surface area contributed by atoms with Crippen LogP contribution in [0.5, 0.6) is 0 Å². The summed E-state index contributed by atoms with van der Waals surface area (Å²) in [7, 11) is 0. The van der Waals surface area contributed by atoms with Crippen LogP contribution in [0.15, 0.2) is 30.9 Å². The first-order chi connectivity index (χ1) is 8.67. The minimum atomic E-state index is -0.00765. The number of hydrogen-bond acceptors (Lipinski definition) is 3. The molecule has 1 N–H and O–H groups in total. The third-order valence-electron chi connectivity index (χ3n) is 3.51. The van der Waals surface area contributed by atoms with E-state index in [0.29, 0.717) is 0 Å². The number of imidazole rings is 1. The lowest BCUT2D eigenvalue weighted by molar-refractivity contribution is 0.357. The molecule has 0 aliphatic carbocycles. The van der Waals surface area contributed by atoms with Crippen LogP contribution >= 0.6 is 0 Å². The van der Waals surface area contributed by atoms with Crippen LogP contribution in [0, 0.1) is 0 Å². The number of fused-ring (bicyclic) bond motifs is 1. The van der Waals surface area contributed by atoms with E-state index < -0.39 is 0 Å². The lowest BCUT2D eigenvalue weighted by Gasteiger charge is -2.32. The third-order valence-corrected chi connectivity index (χ3v) is 3.51. The predicted molar refractivity (Wildman–Crippen MR) is 70.3 cm³/mol. The van der Waals surface area contributed by atoms with Crippen LogP contribution in [-0.4, -0.2) is 21.1 Å². The Kier molecular flexibility index (Phi) is 2.67. The van der Waals surface area contributed by atoms with Crippen molar-refractivity contribution in [1.82, 2.24) is 19.9 Å². The molecule has 94 valence electrons. The molecule has 3 rings (SSSR count). The van der Waals surface area contributed by atoms with E-state index in [0.717, 1.165) is 19.5 Å². The van der Waals surface area contributed by atoms with E-state index in [1.165, 1.54) is 17.0 Å². The van der Waals surface area contributed by atoms with Crippen LogP contribution < -0.4 is 5.32 Å². The Labute approximate surface area is 107 Å². The highest BCUT2D eigenvalue weighted by molar-refractivity contribution is 5.26. The summed E-state index contributed by atoms with van der Waals surface area (Å²) in [5.74, 6) is 0. The summed E-state index contributed by atoms with van der Waals surface area (Å²) in [5, 5.41) is 3.55. The highest BCUT2D eigenvalue weighted by Crippen LogP contribution is 2.27. The van der Waals surface area contributed by atoms with Crippen molar-refractivity contribution in [3.63, 3.8) is 0 Å². The van der Waals surface area contributed by atoms with Gasteiger partial charge >= 0.3 is 0 Å². The van der Waals surface area contributed by atoms with Gasteiger partial charge in [0.1, 0.15) is 0 Å². The van der Waals surface area contributed by atoms with Gasteiger partial charge in [-0.25, -0.2) is 4.98 Å². The molecule has 0 spiro atoms. The average molecular weight is 242 g/mol. The summed E-state index contributed by atoms with van der Waals surface area (Å²) in [5.41, 5.74) is 3.73. The number of nitrogens with one attached hydrogen (secondary N) is 1. The molecule has 0 atom stereocenters. The topological polar surface area (TPSA) is 42.7 Å². The van der Waals surface area contributed by atoms with Gasteiger partial charge in [0.05, 0.1) is 29.8 Å². The Morgan fingerprint density at radius 2 is 2.33 bits per heavy atom. The van der Waals surface area contributed by atoms with Crippen molar-refractivity contribution >= 4 is 0 Å². The number of hydrogen-bond donors (Lipinski definition) is 1. The van der Waals surface area contributed by atoms with Crippen molar-refractivity contribution in [3.05, 3.63) is 47.8 Å². The van der Waals surface area contributed by atoms with E-state index in [1.807, 2.05) is 18.6 Å². The zero-order valence-electron chi connectivity index (χ0n) is 10.8. The number of aromatic nitrogens is 3. The van der Waals surface area contributed by atoms with Crippen molar-refractivity contribution in [2.75, 3.05) is 6.54 Å². The zero-order valence-corrected chi connectivity index (χ0v) is 10.8. The Morgan fingerprint density at radius 1 is 1.44 bits per heavy atom. The van der Waals surface area contributed by atoms with Gasteiger partial charge in [-0.3, -0.25) is 4.98 Å². The van der Waals surface area contributed by atoms with Gasteiger partial charge in [-0.05, 0) is 25.5 Å². The molecule has 3 heterocycles. The smallest absolute Gasteiger partial charge is 0.0955 e. The quantitative estimate of drug-likeness (QED) is 0.871. The summed E-state index contributed by atoms with van der Waals surface area (Å²) in [6.07, 6.45) is 6.68. The number of nitrogens with zero attached hydrogens (tertiary/aromatic N) is 3. The molecule has 0 bridgehead atoms. The molecule has 0 unspecified atom stereocenters. The molecule has 1 aliphatic rings. The largest absolute Gasteiger partial charge is 0.328 e. The van der Waals surface area contributed by atoms with Crippen LogP contribution in [0.3, 0.4) is 0 Å². The van der Waals surface area contributed by atoms with Crippen LogP contribution in [0.4, 0.5) is 0 Å². The van der Waals surface area contributed by atoms with E-state index in [9.17, 15) is 0 Å². The fraction of sp³-hybridized carbons (Fsp3) is 0.429. The van der Waals surface area contributed by atoms with Gasteiger partial charge < -0.3 is 9.88 Å². The normalized spacial score (nSPS) is 17.4. The molecule has 0 saturated heterocycles. The maximum atomic E-state index is 4.55. The highest BCUT2D eigenvalue weighted by Gasteiger charge is 2.31. The molecule has 0 radical (unpaired) electrons. The second-order valence-electron chi connectivity index (χ2n) is 5.33. The van der Waals surface area contributed by atoms with Gasteiger partial charge in [0.2, 0.25) is 0 Å². The standard InChI is InChI=1S/C14H18N4/c1-14(2)13-12(5-7-17-14)16-10-18(13)9-11-4-3-6-15-8-11/h3-4,6,8,10,17H,5,7,9H2,1-2H3. The SMILES string of the molecule is CC1(C)NCCc2ncn(Cc3cccnc3)c21. The Hall–Kier alpha value is -1.68. The Bertz CT molecular complexity index is 542. The minimum absolute atomic E-state index is 0.00765. The molecule has 4 nitrogen and oxygen atoms in total. The molecule has 18 heavy (non-hydrogen) atoms. The summed E-state index contributed by atoms with van der Waals surface area (Å²) in [6, 6.07) is 4.07. The van der Waals surface area contributed by atoms with E-state index in [4.69, 9.17) is 0 Å². The van der Waals surface area contributed by atoms with Gasteiger partial charge in [-0.1, -0.05) is 6.07 Å². The van der Waals surface area contributed by atoms with Gasteiger partial charge in [-0.2, -0.15) is 0 Å². The average Bonchev–Trinajstić information content (AvgIpc) is 2.75. The van der Waals surface area contributed by atoms with Crippen molar-refractivity contribution in [1.29, 1.82) is 0 Å². The predicted octanol–water partition coefficient (Wildman–Crippen LogP) is 1.71. The molecule has 0 amide bonds. The van der Waals surface area contributed by atoms with Crippen molar-refractivity contribution in [2.24, 2.45) is 0 Å². The minimum Gasteiger partial charge on any atom is -0.328 e. The molecule has 2 aromatic rings. The van der Waals surface area contributed by atoms with Gasteiger partial charge in [-0.15, -0.1) is 0 Å². The van der Waals surface area contributed by atoms with Gasteiger partial charge in [0.25, 0.3) is 0 Å². The zero-order chi connectivity index (χ0) is 12.6. The number of rotatable bonds is 2. The van der Waals surface area contributed by atoms with Crippen molar-refractivity contribution < 1.29 is 0 Å². The first-order valence-corrected chi connectivity index (χ1v) is 6.35. The Balaban J connectivity index is 1.97. The monoisotopic (exact) mass is 242 g/mol. The van der Waals surface area contributed by atoms with Crippen molar-refractivity contribution in [2.45, 2.75) is 32.4 Å². The first-order valence-electron chi connectivity index (χ1n) is 6.35. The fourth-order valence-electron chi connectivity index (χ4n) is 2.71. The van der Waals surface area contributed by atoms with Gasteiger partial charge in [0, 0.05) is 25.4 Å². The molecule has 0 saturated carbocycles. The summed E-state index contributed by atoms with van der Waals surface area (Å²) < 4.78 is 2.23. The second kappa shape index (κ2) is 4.21. The van der Waals surface area contributed by atoms with E-state index in [2.05, 4.69) is 39.8 Å². The molecule has 2 aromatic heterocycles. The van der Waals surface area contributed by atoms with E-state index in [-0.39, 0.29) is 5.54 Å². The second-order valence-corrected chi connectivity index (χ2v) is 5.33. The summed E-state index contributed by atoms with van der Waals surface area (Å²) in [6.45, 7) is 6.27. The molecule has 1 aliphatic heterocycles. The lowest BCUT2D eigenvalue weighted by Crippen LogP contribution is -2.44. The van der Waals surface area contributed by atoms with Crippen LogP contribution in [-0.2, 0) is 18.5 Å². The molecule has 4 heteroatoms. The molecular weight excluding hydrogens is 224 g/mol. The summed E-state index contributed by atoms with van der Waals surface area (Å²) >= 11 is 0. The number of pyridine rings is 1. The van der Waals surface area contributed by atoms with Crippen LogP contribution in [0.25, 0.3) is 0 Å². The highest BCUT2D eigenvalue weighted by atomic mass is 15.1. The summed E-state index contributed by atoms with van der Waals surface area (Å²) in [4.78, 5) is 8.72. The molecule has 0 aromatic carbocycles. The van der Waals surface area contributed by atoms with Gasteiger partial charge in [0.15, 0.2) is 0 Å². The molecular formula is C14H18N4. The Morgan fingerprint density at radius 3 is 3.11 bits per heavy atom. The van der Waals surface area contributed by atoms with E-state index >= 15 is 0 Å². The van der Waals surface area contributed by atoms with E-state index in [1.54, 1.807) is 6.20 Å². The van der Waals surface area contributed by atoms with Crippen LogP contribution in [0.2, 0.25) is 0 Å². The van der Waals surface area contributed by atoms with Crippen LogP contribution in [0.1, 0.15) is 30.8 Å². The molecule has 0 fully saturated rings. The first kappa shape index (κ1) is 11.4. The lowest BCUT2D eigenvalue weighted by atomic mass is 9.93.